The Hall–Kier alpha value is -2.03. The van der Waals surface area contributed by atoms with Crippen molar-refractivity contribution in [3.63, 3.8) is 0 Å². The molecule has 0 bridgehead atoms. The Balaban J connectivity index is 2.05. The van der Waals surface area contributed by atoms with Crippen LogP contribution in [0.2, 0.25) is 0 Å². The summed E-state index contributed by atoms with van der Waals surface area (Å²) in [6, 6.07) is 12.5. The quantitative estimate of drug-likeness (QED) is 0.781. The Labute approximate surface area is 113 Å². The third kappa shape index (κ3) is 2.41. The first-order valence-corrected chi connectivity index (χ1v) is 6.66. The van der Waals surface area contributed by atoms with Gasteiger partial charge in [-0.1, -0.05) is 23.8 Å². The summed E-state index contributed by atoms with van der Waals surface area (Å²) in [5, 5.41) is 0. The van der Waals surface area contributed by atoms with Crippen LogP contribution in [0.25, 0.3) is 11.3 Å². The maximum absolute atomic E-state index is 5.73. The van der Waals surface area contributed by atoms with Crippen LogP contribution in [0.15, 0.2) is 36.4 Å². The van der Waals surface area contributed by atoms with Crippen LogP contribution in [-0.4, -0.2) is 25.2 Å². The first kappa shape index (κ1) is 12.0. The number of pyridine rings is 1. The van der Waals surface area contributed by atoms with Crippen molar-refractivity contribution >= 4 is 5.82 Å². The number of hydrogen-bond donors (Lipinski definition) is 0. The molecular formula is C16H18N2O. The molecule has 3 rings (SSSR count). The standard InChI is InChI=1S/C16H18N2O/c1-12-5-3-6-13(11-12)14-7-8-15-16(17-14)18(2)9-4-10-19-15/h3,5-8,11H,4,9-10H2,1-2H3. The second kappa shape index (κ2) is 4.92. The lowest BCUT2D eigenvalue weighted by atomic mass is 10.1. The van der Waals surface area contributed by atoms with Crippen molar-refractivity contribution in [2.75, 3.05) is 25.1 Å². The second-order valence-electron chi connectivity index (χ2n) is 5.01. The Morgan fingerprint density at radius 1 is 1.21 bits per heavy atom. The first-order valence-electron chi connectivity index (χ1n) is 6.66. The van der Waals surface area contributed by atoms with E-state index in [1.54, 1.807) is 0 Å². The van der Waals surface area contributed by atoms with Gasteiger partial charge >= 0.3 is 0 Å². The van der Waals surface area contributed by atoms with Crippen LogP contribution in [0.5, 0.6) is 5.75 Å². The van der Waals surface area contributed by atoms with Gasteiger partial charge in [0.25, 0.3) is 0 Å². The van der Waals surface area contributed by atoms with Crippen molar-refractivity contribution in [1.82, 2.24) is 4.98 Å². The maximum atomic E-state index is 5.73. The monoisotopic (exact) mass is 254 g/mol. The predicted octanol–water partition coefficient (Wildman–Crippen LogP) is 3.28. The van der Waals surface area contributed by atoms with Gasteiger partial charge in [0.2, 0.25) is 0 Å². The lowest BCUT2D eigenvalue weighted by Crippen LogP contribution is -2.18. The lowest BCUT2D eigenvalue weighted by molar-refractivity contribution is 0.322. The highest BCUT2D eigenvalue weighted by Crippen LogP contribution is 2.31. The SMILES string of the molecule is Cc1cccc(-c2ccc3c(n2)N(C)CCCO3)c1. The van der Waals surface area contributed by atoms with Gasteiger partial charge in [0.15, 0.2) is 11.6 Å². The minimum Gasteiger partial charge on any atom is -0.490 e. The number of ether oxygens (including phenoxy) is 1. The number of aromatic nitrogens is 1. The number of hydrogen-bond acceptors (Lipinski definition) is 3. The van der Waals surface area contributed by atoms with E-state index in [-0.39, 0.29) is 0 Å². The summed E-state index contributed by atoms with van der Waals surface area (Å²) >= 11 is 0. The zero-order valence-corrected chi connectivity index (χ0v) is 11.4. The molecule has 1 aliphatic heterocycles. The van der Waals surface area contributed by atoms with E-state index in [2.05, 4.69) is 43.1 Å². The third-order valence-electron chi connectivity index (χ3n) is 3.41. The summed E-state index contributed by atoms with van der Waals surface area (Å²) < 4.78 is 5.73. The van der Waals surface area contributed by atoms with Crippen molar-refractivity contribution in [1.29, 1.82) is 0 Å². The van der Waals surface area contributed by atoms with Gasteiger partial charge < -0.3 is 9.64 Å². The van der Waals surface area contributed by atoms with Crippen LogP contribution in [0.4, 0.5) is 5.82 Å². The molecule has 0 spiro atoms. The van der Waals surface area contributed by atoms with Crippen LogP contribution in [0.3, 0.4) is 0 Å². The molecule has 0 atom stereocenters. The molecule has 0 N–H and O–H groups in total. The minimum atomic E-state index is 0.767. The summed E-state index contributed by atoms with van der Waals surface area (Å²) in [6.45, 7) is 3.85. The van der Waals surface area contributed by atoms with Crippen molar-refractivity contribution < 1.29 is 4.74 Å². The molecule has 2 heterocycles. The molecule has 0 unspecified atom stereocenters. The van der Waals surface area contributed by atoms with Crippen LogP contribution < -0.4 is 9.64 Å². The highest BCUT2D eigenvalue weighted by atomic mass is 16.5. The molecule has 0 saturated carbocycles. The van der Waals surface area contributed by atoms with Gasteiger partial charge in [0, 0.05) is 19.2 Å². The number of fused-ring (bicyclic) bond motifs is 1. The van der Waals surface area contributed by atoms with Crippen LogP contribution in [0.1, 0.15) is 12.0 Å². The lowest BCUT2D eigenvalue weighted by Gasteiger charge is -2.17. The zero-order chi connectivity index (χ0) is 13.2. The van der Waals surface area contributed by atoms with E-state index in [9.17, 15) is 0 Å². The Bertz CT molecular complexity index is 595. The Morgan fingerprint density at radius 3 is 2.95 bits per heavy atom. The van der Waals surface area contributed by atoms with E-state index >= 15 is 0 Å². The molecule has 0 saturated heterocycles. The second-order valence-corrected chi connectivity index (χ2v) is 5.01. The fraction of sp³-hybridized carbons (Fsp3) is 0.312. The summed E-state index contributed by atoms with van der Waals surface area (Å²) in [5.41, 5.74) is 3.40. The van der Waals surface area contributed by atoms with E-state index in [4.69, 9.17) is 9.72 Å². The zero-order valence-electron chi connectivity index (χ0n) is 11.4. The summed E-state index contributed by atoms with van der Waals surface area (Å²) in [6.07, 6.45) is 1.03. The van der Waals surface area contributed by atoms with Gasteiger partial charge in [0.1, 0.15) is 0 Å². The molecule has 19 heavy (non-hydrogen) atoms. The van der Waals surface area contributed by atoms with Crippen LogP contribution >= 0.6 is 0 Å². The van der Waals surface area contributed by atoms with Crippen molar-refractivity contribution in [2.24, 2.45) is 0 Å². The fourth-order valence-corrected chi connectivity index (χ4v) is 2.38. The highest BCUT2D eigenvalue weighted by Gasteiger charge is 2.15. The van der Waals surface area contributed by atoms with Gasteiger partial charge in [-0.15, -0.1) is 0 Å². The van der Waals surface area contributed by atoms with Crippen LogP contribution in [0, 0.1) is 6.92 Å². The fourth-order valence-electron chi connectivity index (χ4n) is 2.38. The van der Waals surface area contributed by atoms with E-state index < -0.39 is 0 Å². The number of rotatable bonds is 1. The molecule has 0 aliphatic carbocycles. The molecule has 0 radical (unpaired) electrons. The van der Waals surface area contributed by atoms with Crippen molar-refractivity contribution in [3.05, 3.63) is 42.0 Å². The number of anilines is 1. The molecule has 1 aromatic carbocycles. The van der Waals surface area contributed by atoms with Gasteiger partial charge in [-0.25, -0.2) is 4.98 Å². The average Bonchev–Trinajstić information content (AvgIpc) is 2.61. The Morgan fingerprint density at radius 2 is 2.11 bits per heavy atom. The first-order chi connectivity index (χ1) is 9.24. The van der Waals surface area contributed by atoms with Gasteiger partial charge in [-0.05, 0) is 31.5 Å². The number of nitrogens with zero attached hydrogens (tertiary/aromatic N) is 2. The summed E-state index contributed by atoms with van der Waals surface area (Å²) in [5.74, 6) is 1.83. The average molecular weight is 254 g/mol. The maximum Gasteiger partial charge on any atom is 0.171 e. The Kier molecular flexibility index (Phi) is 3.11. The largest absolute Gasteiger partial charge is 0.490 e. The van der Waals surface area contributed by atoms with E-state index in [0.29, 0.717) is 0 Å². The molecule has 2 aromatic rings. The molecule has 1 aromatic heterocycles. The van der Waals surface area contributed by atoms with E-state index in [1.165, 1.54) is 5.56 Å². The van der Waals surface area contributed by atoms with Gasteiger partial charge in [0.05, 0.1) is 12.3 Å². The van der Waals surface area contributed by atoms with Crippen molar-refractivity contribution in [3.8, 4) is 17.0 Å². The van der Waals surface area contributed by atoms with Crippen molar-refractivity contribution in [2.45, 2.75) is 13.3 Å². The normalized spacial score (nSPS) is 14.5. The molecule has 1 aliphatic rings. The minimum absolute atomic E-state index is 0.767. The van der Waals surface area contributed by atoms with Gasteiger partial charge in [-0.2, -0.15) is 0 Å². The topological polar surface area (TPSA) is 25.4 Å². The van der Waals surface area contributed by atoms with E-state index in [1.807, 2.05) is 12.1 Å². The number of benzene rings is 1. The van der Waals surface area contributed by atoms with E-state index in [0.717, 1.165) is 42.4 Å². The highest BCUT2D eigenvalue weighted by molar-refractivity contribution is 5.65. The van der Waals surface area contributed by atoms with Gasteiger partial charge in [-0.3, -0.25) is 0 Å². The summed E-state index contributed by atoms with van der Waals surface area (Å²) in [7, 11) is 2.07. The van der Waals surface area contributed by atoms with Crippen LogP contribution in [-0.2, 0) is 0 Å². The molecule has 98 valence electrons. The molecule has 3 nitrogen and oxygen atoms in total. The predicted molar refractivity (Wildman–Crippen MR) is 77.8 cm³/mol. The third-order valence-corrected chi connectivity index (χ3v) is 3.41. The molecule has 0 fully saturated rings. The molecule has 0 amide bonds. The number of aryl methyl sites for hydroxylation is 1. The summed E-state index contributed by atoms with van der Waals surface area (Å²) in [4.78, 5) is 6.93. The molecular weight excluding hydrogens is 236 g/mol. The smallest absolute Gasteiger partial charge is 0.171 e. The molecule has 3 heteroatoms.